The van der Waals surface area contributed by atoms with Gasteiger partial charge in [-0.25, -0.2) is 9.97 Å². The van der Waals surface area contributed by atoms with Crippen molar-refractivity contribution in [1.29, 1.82) is 0 Å². The Hall–Kier alpha value is -1.62. The van der Waals surface area contributed by atoms with Crippen LogP contribution in [0.4, 0.5) is 0 Å². The van der Waals surface area contributed by atoms with Crippen LogP contribution in [-0.4, -0.2) is 21.1 Å². The summed E-state index contributed by atoms with van der Waals surface area (Å²) in [6.07, 6.45) is 5.42. The van der Waals surface area contributed by atoms with E-state index in [1.165, 1.54) is 0 Å². The van der Waals surface area contributed by atoms with E-state index in [0.717, 1.165) is 11.5 Å². The summed E-state index contributed by atoms with van der Waals surface area (Å²) in [6, 6.07) is 0. The second kappa shape index (κ2) is 5.35. The largest absolute Gasteiger partial charge is 0.444 e. The first-order valence-electron chi connectivity index (χ1n) is 6.23. The van der Waals surface area contributed by atoms with Crippen LogP contribution < -0.4 is 5.73 Å². The molecule has 0 saturated carbocycles. The lowest BCUT2D eigenvalue weighted by molar-refractivity contribution is 0.436. The van der Waals surface area contributed by atoms with Crippen molar-refractivity contribution in [2.45, 2.75) is 33.2 Å². The van der Waals surface area contributed by atoms with Crippen molar-refractivity contribution < 1.29 is 4.42 Å². The van der Waals surface area contributed by atoms with Gasteiger partial charge in [-0.1, -0.05) is 13.8 Å². The van der Waals surface area contributed by atoms with E-state index in [-0.39, 0.29) is 0 Å². The van der Waals surface area contributed by atoms with Gasteiger partial charge in [0.25, 0.3) is 0 Å². The van der Waals surface area contributed by atoms with Crippen molar-refractivity contribution in [3.8, 4) is 0 Å². The Morgan fingerprint density at radius 3 is 2.72 bits per heavy atom. The fourth-order valence-corrected chi connectivity index (χ4v) is 2.13. The third-order valence-corrected chi connectivity index (χ3v) is 3.16. The molecule has 2 aromatic heterocycles. The number of rotatable bonds is 5. The predicted molar refractivity (Wildman–Crippen MR) is 69.2 cm³/mol. The minimum atomic E-state index is 0.309. The van der Waals surface area contributed by atoms with Crippen molar-refractivity contribution in [1.82, 2.24) is 14.5 Å². The van der Waals surface area contributed by atoms with E-state index in [1.54, 1.807) is 12.5 Å². The van der Waals surface area contributed by atoms with Gasteiger partial charge in [-0.3, -0.25) is 0 Å². The van der Waals surface area contributed by atoms with Gasteiger partial charge >= 0.3 is 0 Å². The zero-order valence-electron chi connectivity index (χ0n) is 11.1. The molecule has 0 aliphatic rings. The molecule has 2 rings (SSSR count). The maximum atomic E-state index is 5.85. The molecule has 0 aromatic carbocycles. The Kier molecular flexibility index (Phi) is 3.81. The number of nitrogens with zero attached hydrogens (tertiary/aromatic N) is 3. The Morgan fingerprint density at radius 2 is 2.17 bits per heavy atom. The molecule has 5 nitrogen and oxygen atoms in total. The normalized spacial score (nSPS) is 13.2. The molecule has 0 radical (unpaired) electrons. The monoisotopic (exact) mass is 248 g/mol. The first kappa shape index (κ1) is 12.8. The topological polar surface area (TPSA) is 69.9 Å². The molecule has 1 atom stereocenters. The molecule has 98 valence electrons. The van der Waals surface area contributed by atoms with Crippen LogP contribution in [0.5, 0.6) is 0 Å². The molecule has 5 heteroatoms. The van der Waals surface area contributed by atoms with Gasteiger partial charge in [-0.2, -0.15) is 0 Å². The van der Waals surface area contributed by atoms with Crippen LogP contribution in [0.25, 0.3) is 0 Å². The number of nitrogens with two attached hydrogens (primary N) is 1. The fraction of sp³-hybridized carbons (Fsp3) is 0.538. The Balaban J connectivity index is 2.22. The zero-order valence-corrected chi connectivity index (χ0v) is 11.1. The third-order valence-electron chi connectivity index (χ3n) is 3.16. The smallest absolute Gasteiger partial charge is 0.214 e. The predicted octanol–water partition coefficient (Wildman–Crippen LogP) is 1.93. The van der Waals surface area contributed by atoms with Crippen molar-refractivity contribution >= 4 is 0 Å². The molecule has 0 fully saturated rings. The Morgan fingerprint density at radius 1 is 1.39 bits per heavy atom. The molecule has 0 saturated heterocycles. The van der Waals surface area contributed by atoms with Crippen LogP contribution in [0.1, 0.15) is 37.1 Å². The lowest BCUT2D eigenvalue weighted by Crippen LogP contribution is -2.21. The molecule has 2 heterocycles. The number of hydrogen-bond donors (Lipinski definition) is 1. The van der Waals surface area contributed by atoms with E-state index >= 15 is 0 Å². The van der Waals surface area contributed by atoms with Crippen LogP contribution in [0.15, 0.2) is 23.1 Å². The van der Waals surface area contributed by atoms with Crippen molar-refractivity contribution in [3.63, 3.8) is 0 Å². The molecular weight excluding hydrogens is 228 g/mol. The van der Waals surface area contributed by atoms with Crippen LogP contribution in [0.2, 0.25) is 0 Å². The number of oxazole rings is 1. The van der Waals surface area contributed by atoms with Gasteiger partial charge in [-0.05, 0) is 12.8 Å². The summed E-state index contributed by atoms with van der Waals surface area (Å²) in [5.41, 5.74) is 6.99. The highest BCUT2D eigenvalue weighted by atomic mass is 16.4. The standard InChI is InChI=1S/C13H20N4O/c1-9(2)11(4-14)12-6-15-8-17(12)7-13-16-5-10(3)18-13/h5-6,8-9,11H,4,7,14H2,1-3H3. The summed E-state index contributed by atoms with van der Waals surface area (Å²) in [6.45, 7) is 7.46. The molecule has 0 bridgehead atoms. The molecule has 0 amide bonds. The number of aromatic nitrogens is 3. The number of aryl methyl sites for hydroxylation is 1. The summed E-state index contributed by atoms with van der Waals surface area (Å²) < 4.78 is 7.55. The average Bonchev–Trinajstić information content (AvgIpc) is 2.90. The maximum Gasteiger partial charge on any atom is 0.214 e. The Labute approximate surface area is 107 Å². The van der Waals surface area contributed by atoms with Gasteiger partial charge in [0.1, 0.15) is 12.3 Å². The number of hydrogen-bond acceptors (Lipinski definition) is 4. The quantitative estimate of drug-likeness (QED) is 0.877. The molecule has 0 aliphatic carbocycles. The molecule has 0 aliphatic heterocycles. The van der Waals surface area contributed by atoms with Crippen LogP contribution in [0, 0.1) is 12.8 Å². The molecule has 2 N–H and O–H groups in total. The van der Waals surface area contributed by atoms with E-state index in [1.807, 2.05) is 13.1 Å². The highest BCUT2D eigenvalue weighted by Gasteiger charge is 2.18. The average molecular weight is 248 g/mol. The summed E-state index contributed by atoms with van der Waals surface area (Å²) in [7, 11) is 0. The maximum absolute atomic E-state index is 5.85. The minimum absolute atomic E-state index is 0.309. The summed E-state index contributed by atoms with van der Waals surface area (Å²) in [5, 5.41) is 0. The van der Waals surface area contributed by atoms with E-state index in [4.69, 9.17) is 10.2 Å². The van der Waals surface area contributed by atoms with Gasteiger partial charge in [0, 0.05) is 24.4 Å². The first-order chi connectivity index (χ1) is 8.61. The van der Waals surface area contributed by atoms with E-state index in [0.29, 0.717) is 30.8 Å². The first-order valence-corrected chi connectivity index (χ1v) is 6.23. The van der Waals surface area contributed by atoms with Crippen LogP contribution in [-0.2, 0) is 6.54 Å². The van der Waals surface area contributed by atoms with Gasteiger partial charge in [0.05, 0.1) is 12.5 Å². The van der Waals surface area contributed by atoms with E-state index in [2.05, 4.69) is 28.4 Å². The van der Waals surface area contributed by atoms with E-state index < -0.39 is 0 Å². The second-order valence-corrected chi connectivity index (χ2v) is 4.90. The van der Waals surface area contributed by atoms with Crippen LogP contribution in [0.3, 0.4) is 0 Å². The molecule has 18 heavy (non-hydrogen) atoms. The van der Waals surface area contributed by atoms with Crippen molar-refractivity contribution in [3.05, 3.63) is 36.1 Å². The van der Waals surface area contributed by atoms with Crippen molar-refractivity contribution in [2.24, 2.45) is 11.7 Å². The molecular formula is C13H20N4O. The summed E-state index contributed by atoms with van der Waals surface area (Å²) in [4.78, 5) is 8.43. The van der Waals surface area contributed by atoms with Gasteiger partial charge in [0.15, 0.2) is 0 Å². The fourth-order valence-electron chi connectivity index (χ4n) is 2.13. The zero-order chi connectivity index (χ0) is 13.1. The summed E-state index contributed by atoms with van der Waals surface area (Å²) >= 11 is 0. The Bertz CT molecular complexity index is 501. The van der Waals surface area contributed by atoms with Gasteiger partial charge in [-0.15, -0.1) is 0 Å². The van der Waals surface area contributed by atoms with Gasteiger partial charge < -0.3 is 14.7 Å². The van der Waals surface area contributed by atoms with Crippen LogP contribution >= 0.6 is 0 Å². The second-order valence-electron chi connectivity index (χ2n) is 4.90. The van der Waals surface area contributed by atoms with E-state index in [9.17, 15) is 0 Å². The van der Waals surface area contributed by atoms with Gasteiger partial charge in [0.2, 0.25) is 5.89 Å². The molecule has 1 unspecified atom stereocenters. The summed E-state index contributed by atoms with van der Waals surface area (Å²) in [5.74, 6) is 2.32. The third kappa shape index (κ3) is 2.61. The number of imidazole rings is 1. The lowest BCUT2D eigenvalue weighted by Gasteiger charge is -2.20. The minimum Gasteiger partial charge on any atom is -0.444 e. The highest BCUT2D eigenvalue weighted by molar-refractivity contribution is 5.09. The SMILES string of the molecule is Cc1cnc(Cn2cncc2C(CN)C(C)C)o1. The highest BCUT2D eigenvalue weighted by Crippen LogP contribution is 2.23. The lowest BCUT2D eigenvalue weighted by atomic mass is 9.93. The van der Waals surface area contributed by atoms with Crippen molar-refractivity contribution in [2.75, 3.05) is 6.54 Å². The molecule has 0 spiro atoms. The molecule has 2 aromatic rings.